The van der Waals surface area contributed by atoms with Gasteiger partial charge in [-0.2, -0.15) is 4.31 Å². The minimum absolute atomic E-state index is 0.192. The minimum atomic E-state index is -5.13. The first kappa shape index (κ1) is 24.6. The number of likely N-dealkylation sites (tertiary alicyclic amines) is 1. The van der Waals surface area contributed by atoms with Gasteiger partial charge in [0, 0.05) is 18.1 Å². The minimum Gasteiger partial charge on any atom is -0.444 e. The Morgan fingerprint density at radius 1 is 1.20 bits per heavy atom. The summed E-state index contributed by atoms with van der Waals surface area (Å²) in [4.78, 5) is 13.7. The molecule has 0 atom stereocenters. The summed E-state index contributed by atoms with van der Waals surface area (Å²) in [5.41, 5.74) is -0.590. The average Bonchev–Trinajstić information content (AvgIpc) is 2.54. The van der Waals surface area contributed by atoms with Gasteiger partial charge < -0.3 is 9.64 Å². The number of nitrogens with zero attached hydrogens (tertiary/aromatic N) is 2. The summed E-state index contributed by atoms with van der Waals surface area (Å²) in [6, 6.07) is 2.54. The van der Waals surface area contributed by atoms with Crippen LogP contribution in [0.3, 0.4) is 0 Å². The van der Waals surface area contributed by atoms with Gasteiger partial charge in [0.25, 0.3) is 0 Å². The van der Waals surface area contributed by atoms with Crippen LogP contribution in [0, 0.1) is 6.92 Å². The molecule has 1 heterocycles. The third-order valence-corrected chi connectivity index (χ3v) is 6.15. The summed E-state index contributed by atoms with van der Waals surface area (Å²) in [5, 5.41) is 0.249. The number of piperidine rings is 1. The number of hydrogen-bond acceptors (Lipinski definition) is 4. The maximum absolute atomic E-state index is 13.7. The summed E-state index contributed by atoms with van der Waals surface area (Å²) in [6.07, 6.45) is -4.41. The maximum atomic E-state index is 13.7. The molecule has 1 aliphatic rings. The van der Waals surface area contributed by atoms with E-state index in [0.717, 1.165) is 6.07 Å². The normalized spacial score (nSPS) is 16.5. The average molecular weight is 471 g/mol. The number of sulfonamides is 1. The standard InChI is InChI=1S/C19H26ClF3N2O4S/c1-12-10-16(25(19(21,22)23)30(5,27)28)14(11-15(12)20)13-6-8-24(9-7-13)17(26)29-18(2,3)4/h10-11,13H,6-9H2,1-5H3. The zero-order chi connectivity index (χ0) is 23.1. The molecule has 0 radical (unpaired) electrons. The molecule has 170 valence electrons. The third kappa shape index (κ3) is 5.94. The Bertz CT molecular complexity index is 906. The highest BCUT2D eigenvalue weighted by Gasteiger charge is 2.46. The number of carbonyl (C=O) groups is 1. The molecular weight excluding hydrogens is 445 g/mol. The number of alkyl halides is 3. The van der Waals surface area contributed by atoms with Crippen molar-refractivity contribution in [2.75, 3.05) is 23.7 Å². The predicted octanol–water partition coefficient (Wildman–Crippen LogP) is 5.05. The van der Waals surface area contributed by atoms with Gasteiger partial charge in [-0.15, -0.1) is 13.2 Å². The summed E-state index contributed by atoms with van der Waals surface area (Å²) >= 11 is 6.16. The van der Waals surface area contributed by atoms with Crippen molar-refractivity contribution in [2.45, 2.75) is 58.4 Å². The van der Waals surface area contributed by atoms with Crippen LogP contribution < -0.4 is 4.31 Å². The van der Waals surface area contributed by atoms with Crippen molar-refractivity contribution in [1.29, 1.82) is 0 Å². The first-order chi connectivity index (χ1) is 13.5. The van der Waals surface area contributed by atoms with E-state index in [9.17, 15) is 26.4 Å². The fourth-order valence-electron chi connectivity index (χ4n) is 3.39. The molecule has 2 rings (SSSR count). The van der Waals surface area contributed by atoms with Crippen LogP contribution in [-0.4, -0.2) is 50.7 Å². The molecule has 0 N–H and O–H groups in total. The number of benzene rings is 1. The van der Waals surface area contributed by atoms with Crippen molar-refractivity contribution < 1.29 is 31.1 Å². The first-order valence-corrected chi connectivity index (χ1v) is 11.6. The zero-order valence-corrected chi connectivity index (χ0v) is 19.1. The highest BCUT2D eigenvalue weighted by atomic mass is 35.5. The van der Waals surface area contributed by atoms with Crippen LogP contribution in [0.25, 0.3) is 0 Å². The van der Waals surface area contributed by atoms with Gasteiger partial charge in [0.2, 0.25) is 10.0 Å². The summed E-state index contributed by atoms with van der Waals surface area (Å²) in [5.74, 6) is -0.400. The van der Waals surface area contributed by atoms with E-state index in [1.54, 1.807) is 20.8 Å². The zero-order valence-electron chi connectivity index (χ0n) is 17.5. The smallest absolute Gasteiger partial charge is 0.444 e. The van der Waals surface area contributed by atoms with Crippen LogP contribution in [0.15, 0.2) is 12.1 Å². The van der Waals surface area contributed by atoms with Crippen molar-refractivity contribution in [2.24, 2.45) is 0 Å². The van der Waals surface area contributed by atoms with Gasteiger partial charge in [0.1, 0.15) is 5.60 Å². The molecular formula is C19H26ClF3N2O4S. The highest BCUT2D eigenvalue weighted by molar-refractivity contribution is 7.92. The van der Waals surface area contributed by atoms with Crippen LogP contribution in [0.5, 0.6) is 0 Å². The Morgan fingerprint density at radius 2 is 1.73 bits per heavy atom. The lowest BCUT2D eigenvalue weighted by Crippen LogP contribution is -2.44. The Labute approximate surface area is 180 Å². The number of halogens is 4. The Morgan fingerprint density at radius 3 is 2.17 bits per heavy atom. The number of amides is 1. The SMILES string of the molecule is Cc1cc(N(C(F)(F)F)S(C)(=O)=O)c(C2CCN(C(=O)OC(C)(C)C)CC2)cc1Cl. The number of anilines is 1. The molecule has 0 spiro atoms. The fourth-order valence-corrected chi connectivity index (χ4v) is 4.45. The maximum Gasteiger partial charge on any atom is 0.498 e. The molecule has 30 heavy (non-hydrogen) atoms. The summed E-state index contributed by atoms with van der Waals surface area (Å²) in [7, 11) is -4.63. The second-order valence-electron chi connectivity index (χ2n) is 8.40. The number of ether oxygens (including phenoxy) is 1. The molecule has 6 nitrogen and oxygen atoms in total. The topological polar surface area (TPSA) is 66.9 Å². The highest BCUT2D eigenvalue weighted by Crippen LogP contribution is 2.42. The molecule has 1 aromatic rings. The quantitative estimate of drug-likeness (QED) is 0.580. The Balaban J connectivity index is 2.37. The number of carbonyl (C=O) groups excluding carboxylic acids is 1. The third-order valence-electron chi connectivity index (χ3n) is 4.68. The largest absolute Gasteiger partial charge is 0.498 e. The van der Waals surface area contributed by atoms with Crippen molar-refractivity contribution in [1.82, 2.24) is 4.90 Å². The van der Waals surface area contributed by atoms with Gasteiger partial charge in [-0.3, -0.25) is 0 Å². The van der Waals surface area contributed by atoms with E-state index >= 15 is 0 Å². The number of rotatable bonds is 3. The lowest BCUT2D eigenvalue weighted by Gasteiger charge is -2.35. The van der Waals surface area contributed by atoms with E-state index in [-0.39, 0.29) is 23.7 Å². The monoisotopic (exact) mass is 470 g/mol. The summed E-state index contributed by atoms with van der Waals surface area (Å²) in [6.45, 7) is 7.29. The van der Waals surface area contributed by atoms with E-state index in [1.807, 2.05) is 0 Å². The van der Waals surface area contributed by atoms with Gasteiger partial charge in [0.05, 0.1) is 11.9 Å². The molecule has 11 heteroatoms. The van der Waals surface area contributed by atoms with E-state index < -0.39 is 43.9 Å². The molecule has 0 bridgehead atoms. The second-order valence-corrected chi connectivity index (χ2v) is 10.6. The molecule has 1 aliphatic heterocycles. The van der Waals surface area contributed by atoms with Gasteiger partial charge in [-0.05, 0) is 69.7 Å². The van der Waals surface area contributed by atoms with Crippen LogP contribution in [-0.2, 0) is 14.8 Å². The van der Waals surface area contributed by atoms with E-state index in [2.05, 4.69) is 0 Å². The summed E-state index contributed by atoms with van der Waals surface area (Å²) < 4.78 is 69.7. The molecule has 1 amide bonds. The van der Waals surface area contributed by atoms with Gasteiger partial charge in [-0.25, -0.2) is 13.2 Å². The van der Waals surface area contributed by atoms with Crippen molar-refractivity contribution >= 4 is 33.4 Å². The second kappa shape index (κ2) is 8.45. The Kier molecular flexibility index (Phi) is 6.93. The molecule has 1 saturated heterocycles. The fraction of sp³-hybridized carbons (Fsp3) is 0.632. The number of aryl methyl sites for hydroxylation is 1. The molecule has 1 aromatic carbocycles. The van der Waals surface area contributed by atoms with Gasteiger partial charge >= 0.3 is 12.4 Å². The van der Waals surface area contributed by atoms with Crippen LogP contribution in [0.4, 0.5) is 23.7 Å². The molecule has 0 saturated carbocycles. The van der Waals surface area contributed by atoms with Crippen LogP contribution >= 0.6 is 11.6 Å². The van der Waals surface area contributed by atoms with Crippen molar-refractivity contribution in [3.63, 3.8) is 0 Å². The molecule has 1 fully saturated rings. The van der Waals surface area contributed by atoms with Crippen LogP contribution in [0.2, 0.25) is 5.02 Å². The molecule has 0 aromatic heterocycles. The predicted molar refractivity (Wildman–Crippen MR) is 109 cm³/mol. The van der Waals surface area contributed by atoms with E-state index in [1.165, 1.54) is 17.9 Å². The lowest BCUT2D eigenvalue weighted by atomic mass is 9.87. The van der Waals surface area contributed by atoms with Gasteiger partial charge in [0.15, 0.2) is 0 Å². The molecule has 0 unspecified atom stereocenters. The number of hydrogen-bond donors (Lipinski definition) is 0. The van der Waals surface area contributed by atoms with Crippen LogP contribution in [0.1, 0.15) is 50.7 Å². The lowest BCUT2D eigenvalue weighted by molar-refractivity contribution is -0.115. The van der Waals surface area contributed by atoms with Gasteiger partial charge in [-0.1, -0.05) is 11.6 Å². The van der Waals surface area contributed by atoms with E-state index in [0.29, 0.717) is 24.7 Å². The van der Waals surface area contributed by atoms with Crippen molar-refractivity contribution in [3.8, 4) is 0 Å². The molecule has 0 aliphatic carbocycles. The van der Waals surface area contributed by atoms with E-state index in [4.69, 9.17) is 16.3 Å². The van der Waals surface area contributed by atoms with Crippen molar-refractivity contribution in [3.05, 3.63) is 28.3 Å². The Hall–Kier alpha value is -1.68. The first-order valence-electron chi connectivity index (χ1n) is 9.36.